The van der Waals surface area contributed by atoms with Crippen molar-refractivity contribution in [3.05, 3.63) is 30.1 Å². The second kappa shape index (κ2) is 5.87. The lowest BCUT2D eigenvalue weighted by molar-refractivity contribution is -0.155. The minimum Gasteiger partial charge on any atom is -0.370 e. The van der Waals surface area contributed by atoms with Crippen LogP contribution in [0.4, 0.5) is 0 Å². The molecule has 116 valence electrons. The van der Waals surface area contributed by atoms with Gasteiger partial charge in [0.2, 0.25) is 0 Å². The minimum absolute atomic E-state index is 0.123. The molecule has 6 nitrogen and oxygen atoms in total. The lowest BCUT2D eigenvalue weighted by atomic mass is 9.90. The highest BCUT2D eigenvalue weighted by Gasteiger charge is 2.52. The van der Waals surface area contributed by atoms with Crippen LogP contribution in [0.2, 0.25) is 0 Å². The van der Waals surface area contributed by atoms with E-state index in [1.165, 1.54) is 6.92 Å². The van der Waals surface area contributed by atoms with Gasteiger partial charge in [0.1, 0.15) is 5.71 Å². The minimum atomic E-state index is -1.55. The van der Waals surface area contributed by atoms with Crippen molar-refractivity contribution in [3.8, 4) is 0 Å². The Balaban J connectivity index is 1.77. The zero-order chi connectivity index (χ0) is 15.6. The van der Waals surface area contributed by atoms with Crippen molar-refractivity contribution in [3.63, 3.8) is 0 Å². The molecular formula is C16H19N3O3. The van der Waals surface area contributed by atoms with E-state index in [1.54, 1.807) is 18.3 Å². The largest absolute Gasteiger partial charge is 0.370 e. The van der Waals surface area contributed by atoms with Crippen LogP contribution in [0.15, 0.2) is 29.6 Å². The van der Waals surface area contributed by atoms with Gasteiger partial charge in [0.15, 0.2) is 5.78 Å². The van der Waals surface area contributed by atoms with Gasteiger partial charge in [-0.2, -0.15) is 0 Å². The van der Waals surface area contributed by atoms with Crippen LogP contribution in [-0.4, -0.2) is 34.0 Å². The Hall–Kier alpha value is -2.24. The van der Waals surface area contributed by atoms with Crippen molar-refractivity contribution in [2.75, 3.05) is 0 Å². The second-order valence-electron chi connectivity index (χ2n) is 5.86. The first-order valence-electron chi connectivity index (χ1n) is 7.60. The smallest absolute Gasteiger partial charge is 0.277 e. The molecule has 1 amide bonds. The Kier molecular flexibility index (Phi) is 3.92. The standard InChI is InChI=1S/C16H19N3O3/c1-11(20)16(15(21)18-12-6-2-3-7-12)10-14(19-22-16)13-8-4-5-9-17-13/h4-5,8-9,12H,2-3,6-7,10H2,1H3,(H,18,21). The summed E-state index contributed by atoms with van der Waals surface area (Å²) in [6.07, 6.45) is 5.88. The fourth-order valence-electron chi connectivity index (χ4n) is 2.95. The molecule has 1 fully saturated rings. The number of rotatable bonds is 4. The summed E-state index contributed by atoms with van der Waals surface area (Å²) in [4.78, 5) is 34.2. The van der Waals surface area contributed by atoms with Gasteiger partial charge in [0.25, 0.3) is 11.5 Å². The summed E-state index contributed by atoms with van der Waals surface area (Å²) < 4.78 is 0. The van der Waals surface area contributed by atoms with Crippen LogP contribution in [0.1, 0.15) is 44.7 Å². The van der Waals surface area contributed by atoms with Gasteiger partial charge in [-0.3, -0.25) is 14.6 Å². The molecule has 0 bridgehead atoms. The van der Waals surface area contributed by atoms with Crippen LogP contribution in [-0.2, 0) is 14.4 Å². The molecular weight excluding hydrogens is 282 g/mol. The van der Waals surface area contributed by atoms with Crippen molar-refractivity contribution in [1.29, 1.82) is 0 Å². The first-order chi connectivity index (χ1) is 10.6. The van der Waals surface area contributed by atoms with Gasteiger partial charge in [-0.05, 0) is 31.9 Å². The van der Waals surface area contributed by atoms with Gasteiger partial charge in [-0.15, -0.1) is 0 Å². The second-order valence-corrected chi connectivity index (χ2v) is 5.86. The van der Waals surface area contributed by atoms with Gasteiger partial charge in [-0.25, -0.2) is 0 Å². The molecule has 1 unspecified atom stereocenters. The summed E-state index contributed by atoms with van der Waals surface area (Å²) in [6, 6.07) is 5.54. The fourth-order valence-corrected chi connectivity index (χ4v) is 2.95. The van der Waals surface area contributed by atoms with Crippen molar-refractivity contribution in [2.24, 2.45) is 5.16 Å². The van der Waals surface area contributed by atoms with Gasteiger partial charge in [0.05, 0.1) is 12.1 Å². The molecule has 3 rings (SSSR count). The Morgan fingerprint density at radius 2 is 2.09 bits per heavy atom. The van der Waals surface area contributed by atoms with Crippen molar-refractivity contribution < 1.29 is 14.4 Å². The number of hydrogen-bond acceptors (Lipinski definition) is 5. The van der Waals surface area contributed by atoms with E-state index in [1.807, 2.05) is 6.07 Å². The molecule has 1 saturated carbocycles. The van der Waals surface area contributed by atoms with Crippen LogP contribution in [0, 0.1) is 0 Å². The van der Waals surface area contributed by atoms with E-state index in [2.05, 4.69) is 15.5 Å². The third kappa shape index (κ3) is 2.61. The first kappa shape index (κ1) is 14.7. The highest BCUT2D eigenvalue weighted by molar-refractivity contribution is 6.15. The predicted octanol–water partition coefficient (Wildman–Crippen LogP) is 1.59. The molecule has 22 heavy (non-hydrogen) atoms. The van der Waals surface area contributed by atoms with E-state index in [0.29, 0.717) is 11.4 Å². The van der Waals surface area contributed by atoms with Gasteiger partial charge in [0, 0.05) is 12.2 Å². The molecule has 2 aliphatic rings. The zero-order valence-electron chi connectivity index (χ0n) is 12.5. The fraction of sp³-hybridized carbons (Fsp3) is 0.500. The summed E-state index contributed by atoms with van der Waals surface area (Å²) in [7, 11) is 0. The molecule has 0 radical (unpaired) electrons. The molecule has 6 heteroatoms. The lowest BCUT2D eigenvalue weighted by Crippen LogP contribution is -2.54. The highest BCUT2D eigenvalue weighted by atomic mass is 16.7. The Bertz CT molecular complexity index is 608. The molecule has 1 aliphatic heterocycles. The number of nitrogens with one attached hydrogen (secondary N) is 1. The van der Waals surface area contributed by atoms with E-state index in [-0.39, 0.29) is 24.2 Å². The number of carbonyl (C=O) groups is 2. The summed E-state index contributed by atoms with van der Waals surface area (Å²) in [5.74, 6) is -0.723. The molecule has 1 atom stereocenters. The maximum atomic E-state index is 12.6. The van der Waals surface area contributed by atoms with Crippen molar-refractivity contribution >= 4 is 17.4 Å². The number of Topliss-reactive ketones (excluding diaryl/α,β-unsaturated/α-hetero) is 1. The maximum Gasteiger partial charge on any atom is 0.277 e. The van der Waals surface area contributed by atoms with Gasteiger partial charge >= 0.3 is 0 Å². The van der Waals surface area contributed by atoms with Gasteiger partial charge < -0.3 is 10.2 Å². The molecule has 0 spiro atoms. The molecule has 1 aliphatic carbocycles. The van der Waals surface area contributed by atoms with E-state index < -0.39 is 5.60 Å². The van der Waals surface area contributed by atoms with E-state index >= 15 is 0 Å². The van der Waals surface area contributed by atoms with Crippen LogP contribution >= 0.6 is 0 Å². The van der Waals surface area contributed by atoms with Crippen LogP contribution in [0.25, 0.3) is 0 Å². The molecule has 1 aromatic rings. The summed E-state index contributed by atoms with van der Waals surface area (Å²) in [5.41, 5.74) is -0.396. The molecule has 1 N–H and O–H groups in total. The normalized spacial score (nSPS) is 24.7. The van der Waals surface area contributed by atoms with E-state index in [0.717, 1.165) is 25.7 Å². The number of nitrogens with zero attached hydrogens (tertiary/aromatic N) is 2. The zero-order valence-corrected chi connectivity index (χ0v) is 12.5. The maximum absolute atomic E-state index is 12.6. The summed E-state index contributed by atoms with van der Waals surface area (Å²) in [6.45, 7) is 1.37. The monoisotopic (exact) mass is 301 g/mol. The number of oxime groups is 1. The first-order valence-corrected chi connectivity index (χ1v) is 7.60. The predicted molar refractivity (Wildman–Crippen MR) is 80.3 cm³/mol. The van der Waals surface area contributed by atoms with Crippen LogP contribution in [0.5, 0.6) is 0 Å². The van der Waals surface area contributed by atoms with Crippen molar-refractivity contribution in [1.82, 2.24) is 10.3 Å². The van der Waals surface area contributed by atoms with Crippen LogP contribution < -0.4 is 5.32 Å². The SMILES string of the molecule is CC(=O)C1(C(=O)NC2CCCC2)CC(c2ccccn2)=NO1. The molecule has 2 heterocycles. The Morgan fingerprint density at radius 1 is 1.32 bits per heavy atom. The van der Waals surface area contributed by atoms with Gasteiger partial charge in [-0.1, -0.05) is 24.1 Å². The van der Waals surface area contributed by atoms with E-state index in [4.69, 9.17) is 4.84 Å². The topological polar surface area (TPSA) is 80.7 Å². The third-order valence-electron chi connectivity index (χ3n) is 4.31. The average molecular weight is 301 g/mol. The molecule has 0 saturated heterocycles. The Labute approximate surface area is 128 Å². The number of hydrogen-bond donors (Lipinski definition) is 1. The summed E-state index contributed by atoms with van der Waals surface area (Å²) in [5, 5.41) is 6.89. The Morgan fingerprint density at radius 3 is 2.73 bits per heavy atom. The summed E-state index contributed by atoms with van der Waals surface area (Å²) >= 11 is 0. The third-order valence-corrected chi connectivity index (χ3v) is 4.31. The molecule has 1 aromatic heterocycles. The van der Waals surface area contributed by atoms with E-state index in [9.17, 15) is 9.59 Å². The number of amides is 1. The average Bonchev–Trinajstić information content (AvgIpc) is 3.18. The van der Waals surface area contributed by atoms with Crippen molar-refractivity contribution in [2.45, 2.75) is 50.7 Å². The number of carbonyl (C=O) groups excluding carboxylic acids is 2. The lowest BCUT2D eigenvalue weighted by Gasteiger charge is -2.24. The quantitative estimate of drug-likeness (QED) is 0.856. The van der Waals surface area contributed by atoms with Crippen LogP contribution in [0.3, 0.4) is 0 Å². The molecule has 0 aromatic carbocycles. The number of pyridine rings is 1. The number of aromatic nitrogens is 1. The highest BCUT2D eigenvalue weighted by Crippen LogP contribution is 2.29. The number of ketones is 1.